The van der Waals surface area contributed by atoms with Gasteiger partial charge in [0.1, 0.15) is 0 Å². The van der Waals surface area contributed by atoms with Crippen LogP contribution in [0.5, 0.6) is 0 Å². The van der Waals surface area contributed by atoms with Crippen molar-refractivity contribution in [2.45, 2.75) is 26.7 Å². The molecule has 1 saturated heterocycles. The topological polar surface area (TPSA) is 43.8 Å². The smallest absolute Gasteiger partial charge is 0.0810 e. The van der Waals surface area contributed by atoms with Gasteiger partial charge in [0.25, 0.3) is 0 Å². The van der Waals surface area contributed by atoms with Gasteiger partial charge in [-0.3, -0.25) is 9.98 Å². The van der Waals surface area contributed by atoms with Gasteiger partial charge in [-0.2, -0.15) is 0 Å². The van der Waals surface area contributed by atoms with Crippen molar-refractivity contribution in [2.24, 2.45) is 10.9 Å². The third kappa shape index (κ3) is 5.09. The number of nitrogens with one attached hydrogen (secondary N) is 1. The summed E-state index contributed by atoms with van der Waals surface area (Å²) >= 11 is 0. The maximum Gasteiger partial charge on any atom is 0.0810 e. The Balaban J connectivity index is 1.56. The van der Waals surface area contributed by atoms with E-state index in [2.05, 4.69) is 57.1 Å². The molecule has 2 aromatic rings. The van der Waals surface area contributed by atoms with Crippen LogP contribution in [-0.2, 0) is 0 Å². The van der Waals surface area contributed by atoms with E-state index in [1.54, 1.807) is 0 Å². The predicted octanol–water partition coefficient (Wildman–Crippen LogP) is 3.43. The molecule has 152 valence electrons. The third-order valence-electron chi connectivity index (χ3n) is 5.93. The SMILES string of the molecule is CCN(CC)CCNCC1CCN(c2ccc(/C=N\C)c3ncccc23)CC1. The van der Waals surface area contributed by atoms with Crippen LogP contribution < -0.4 is 10.2 Å². The van der Waals surface area contributed by atoms with Crippen molar-refractivity contribution in [1.82, 2.24) is 15.2 Å². The first-order valence-electron chi connectivity index (χ1n) is 10.7. The van der Waals surface area contributed by atoms with E-state index in [4.69, 9.17) is 0 Å². The first kappa shape index (κ1) is 20.7. The lowest BCUT2D eigenvalue weighted by molar-refractivity contribution is 0.294. The van der Waals surface area contributed by atoms with Gasteiger partial charge in [-0.05, 0) is 62.7 Å². The predicted molar refractivity (Wildman–Crippen MR) is 121 cm³/mol. The molecule has 2 heterocycles. The second-order valence-electron chi connectivity index (χ2n) is 7.62. The van der Waals surface area contributed by atoms with E-state index in [1.165, 1.54) is 23.9 Å². The minimum Gasteiger partial charge on any atom is -0.371 e. The molecule has 1 aliphatic rings. The lowest BCUT2D eigenvalue weighted by atomic mass is 9.95. The maximum absolute atomic E-state index is 4.62. The summed E-state index contributed by atoms with van der Waals surface area (Å²) in [7, 11) is 1.81. The van der Waals surface area contributed by atoms with E-state index in [0.717, 1.165) is 62.8 Å². The molecule has 5 nitrogen and oxygen atoms in total. The quantitative estimate of drug-likeness (QED) is 0.534. The average Bonchev–Trinajstić information content (AvgIpc) is 2.75. The summed E-state index contributed by atoms with van der Waals surface area (Å²) in [5.74, 6) is 0.781. The molecule has 5 heteroatoms. The summed E-state index contributed by atoms with van der Waals surface area (Å²) < 4.78 is 0. The number of rotatable bonds is 9. The van der Waals surface area contributed by atoms with E-state index in [1.807, 2.05) is 25.5 Å². The Bertz CT molecular complexity index is 761. The van der Waals surface area contributed by atoms with Crippen LogP contribution in [0.25, 0.3) is 10.9 Å². The zero-order valence-electron chi connectivity index (χ0n) is 17.7. The van der Waals surface area contributed by atoms with Gasteiger partial charge in [-0.1, -0.05) is 13.8 Å². The summed E-state index contributed by atoms with van der Waals surface area (Å²) in [6.07, 6.45) is 6.26. The molecule has 0 unspecified atom stereocenters. The van der Waals surface area contributed by atoms with Crippen LogP contribution >= 0.6 is 0 Å². The van der Waals surface area contributed by atoms with Crippen molar-refractivity contribution in [3.63, 3.8) is 0 Å². The zero-order valence-corrected chi connectivity index (χ0v) is 17.7. The van der Waals surface area contributed by atoms with E-state index in [9.17, 15) is 0 Å². The van der Waals surface area contributed by atoms with Crippen LogP contribution in [0.15, 0.2) is 35.5 Å². The van der Waals surface area contributed by atoms with E-state index in [0.29, 0.717) is 0 Å². The van der Waals surface area contributed by atoms with E-state index < -0.39 is 0 Å². The molecular weight excluding hydrogens is 346 g/mol. The number of aliphatic imine (C=N–C) groups is 1. The molecule has 0 radical (unpaired) electrons. The van der Waals surface area contributed by atoms with Crippen LogP contribution in [0.1, 0.15) is 32.3 Å². The second-order valence-corrected chi connectivity index (χ2v) is 7.62. The first-order chi connectivity index (χ1) is 13.8. The number of piperidine rings is 1. The van der Waals surface area contributed by atoms with Crippen LogP contribution in [0, 0.1) is 5.92 Å². The highest BCUT2D eigenvalue weighted by Crippen LogP contribution is 2.30. The molecule has 0 atom stereocenters. The van der Waals surface area contributed by atoms with Gasteiger partial charge in [0.15, 0.2) is 0 Å². The van der Waals surface area contributed by atoms with Crippen LogP contribution in [0.3, 0.4) is 0 Å². The number of pyridine rings is 1. The fraction of sp³-hybridized carbons (Fsp3) is 0.565. The molecule has 28 heavy (non-hydrogen) atoms. The Hall–Kier alpha value is -1.98. The number of hydrogen-bond donors (Lipinski definition) is 1. The van der Waals surface area contributed by atoms with Gasteiger partial charge in [-0.25, -0.2) is 0 Å². The molecule has 0 aliphatic carbocycles. The number of anilines is 1. The summed E-state index contributed by atoms with van der Waals surface area (Å²) in [5, 5.41) is 4.91. The van der Waals surface area contributed by atoms with Crippen LogP contribution in [0.2, 0.25) is 0 Å². The highest BCUT2D eigenvalue weighted by Gasteiger charge is 2.21. The molecule has 0 spiro atoms. The van der Waals surface area contributed by atoms with E-state index >= 15 is 0 Å². The fourth-order valence-electron chi connectivity index (χ4n) is 4.16. The van der Waals surface area contributed by atoms with Crippen molar-refractivity contribution in [3.05, 3.63) is 36.0 Å². The maximum atomic E-state index is 4.62. The zero-order chi connectivity index (χ0) is 19.8. The minimum atomic E-state index is 0.781. The number of nitrogens with zero attached hydrogens (tertiary/aromatic N) is 4. The first-order valence-corrected chi connectivity index (χ1v) is 10.7. The summed E-state index contributed by atoms with van der Waals surface area (Å²) in [6.45, 7) is 12.4. The molecule has 3 rings (SSSR count). The summed E-state index contributed by atoms with van der Waals surface area (Å²) in [5.41, 5.74) is 3.45. The Morgan fingerprint density at radius 2 is 2.00 bits per heavy atom. The Labute approximate surface area is 169 Å². The molecule has 1 aliphatic heterocycles. The largest absolute Gasteiger partial charge is 0.371 e. The van der Waals surface area contributed by atoms with Crippen molar-refractivity contribution >= 4 is 22.8 Å². The van der Waals surface area contributed by atoms with Gasteiger partial charge in [-0.15, -0.1) is 0 Å². The number of hydrogen-bond acceptors (Lipinski definition) is 5. The lowest BCUT2D eigenvalue weighted by Gasteiger charge is -2.34. The molecule has 1 aromatic carbocycles. The fourth-order valence-corrected chi connectivity index (χ4v) is 4.16. The Morgan fingerprint density at radius 1 is 1.21 bits per heavy atom. The van der Waals surface area contributed by atoms with Gasteiger partial charge >= 0.3 is 0 Å². The summed E-state index contributed by atoms with van der Waals surface area (Å²) in [4.78, 5) is 13.8. The Morgan fingerprint density at radius 3 is 2.71 bits per heavy atom. The van der Waals surface area contributed by atoms with Crippen molar-refractivity contribution in [2.75, 3.05) is 57.8 Å². The number of likely N-dealkylation sites (N-methyl/N-ethyl adjacent to an activating group) is 1. The second kappa shape index (κ2) is 10.5. The van der Waals surface area contributed by atoms with Gasteiger partial charge < -0.3 is 15.1 Å². The molecule has 0 saturated carbocycles. The van der Waals surface area contributed by atoms with Crippen molar-refractivity contribution in [1.29, 1.82) is 0 Å². The van der Waals surface area contributed by atoms with E-state index in [-0.39, 0.29) is 0 Å². The third-order valence-corrected chi connectivity index (χ3v) is 5.93. The molecule has 0 amide bonds. The molecule has 1 N–H and O–H groups in total. The summed E-state index contributed by atoms with van der Waals surface area (Å²) in [6, 6.07) is 8.61. The normalized spacial score (nSPS) is 15.9. The minimum absolute atomic E-state index is 0.781. The van der Waals surface area contributed by atoms with Gasteiger partial charge in [0.2, 0.25) is 0 Å². The Kier molecular flexibility index (Phi) is 7.80. The van der Waals surface area contributed by atoms with Crippen LogP contribution in [-0.4, -0.2) is 69.0 Å². The molecule has 1 aromatic heterocycles. The monoisotopic (exact) mass is 381 g/mol. The van der Waals surface area contributed by atoms with Crippen molar-refractivity contribution in [3.8, 4) is 0 Å². The molecule has 0 bridgehead atoms. The van der Waals surface area contributed by atoms with Crippen LogP contribution in [0.4, 0.5) is 5.69 Å². The number of fused-ring (bicyclic) bond motifs is 1. The molecule has 1 fully saturated rings. The average molecular weight is 382 g/mol. The standard InChI is InChI=1S/C23H35N5/c1-4-27(5-2)16-13-25-17-19-10-14-28(15-11-19)22-9-8-20(18-24-3)23-21(22)7-6-12-26-23/h6-9,12,18-19,25H,4-5,10-11,13-17H2,1-3H3/b24-18-. The number of aromatic nitrogens is 1. The lowest BCUT2D eigenvalue weighted by Crippen LogP contribution is -2.39. The van der Waals surface area contributed by atoms with Gasteiger partial charge in [0, 0.05) is 62.3 Å². The van der Waals surface area contributed by atoms with Gasteiger partial charge in [0.05, 0.1) is 5.52 Å². The molecular formula is C23H35N5. The highest BCUT2D eigenvalue weighted by atomic mass is 15.1. The number of benzene rings is 1. The van der Waals surface area contributed by atoms with Crippen molar-refractivity contribution < 1.29 is 0 Å². The highest BCUT2D eigenvalue weighted by molar-refractivity contribution is 6.03.